The topological polar surface area (TPSA) is 76.0 Å². The van der Waals surface area contributed by atoms with E-state index in [4.69, 9.17) is 9.47 Å². The highest BCUT2D eigenvalue weighted by Gasteiger charge is 2.24. The summed E-state index contributed by atoms with van der Waals surface area (Å²) in [7, 11) is 0. The fraction of sp³-hybridized carbons (Fsp3) is 0.381. The predicted molar refractivity (Wildman–Crippen MR) is 100 cm³/mol. The first-order valence-corrected chi connectivity index (χ1v) is 8.73. The van der Waals surface area contributed by atoms with E-state index in [1.165, 1.54) is 12.1 Å². The zero-order chi connectivity index (χ0) is 19.4. The minimum Gasteiger partial charge on any atom is -0.504 e. The van der Waals surface area contributed by atoms with Gasteiger partial charge in [-0.05, 0) is 57.5 Å². The largest absolute Gasteiger partial charge is 0.504 e. The molecule has 0 aliphatic heterocycles. The molecule has 0 aromatic heterocycles. The standard InChI is InChI=1S/C21H26O5/c1-12(2)25-16-8-6-15(7-9-16)14(5)19(23)17-10-11-18(22)21(20(17)24)26-13(3)4/h6-14,22,24H,1-5H3. The van der Waals surface area contributed by atoms with Crippen LogP contribution in [0.2, 0.25) is 0 Å². The molecule has 5 nitrogen and oxygen atoms in total. The number of phenolic OH excluding ortho intramolecular Hbond substituents is 2. The van der Waals surface area contributed by atoms with Crippen LogP contribution in [0.4, 0.5) is 0 Å². The molecular weight excluding hydrogens is 332 g/mol. The van der Waals surface area contributed by atoms with Crippen molar-refractivity contribution in [2.45, 2.75) is 52.7 Å². The van der Waals surface area contributed by atoms with Gasteiger partial charge in [-0.3, -0.25) is 4.79 Å². The first-order chi connectivity index (χ1) is 12.2. The second-order valence-corrected chi connectivity index (χ2v) is 6.80. The van der Waals surface area contributed by atoms with E-state index < -0.39 is 5.92 Å². The smallest absolute Gasteiger partial charge is 0.204 e. The lowest BCUT2D eigenvalue weighted by molar-refractivity contribution is 0.0962. The molecular formula is C21H26O5. The molecule has 0 saturated heterocycles. The molecule has 0 fully saturated rings. The Labute approximate surface area is 154 Å². The van der Waals surface area contributed by atoms with Gasteiger partial charge in [-0.2, -0.15) is 0 Å². The molecule has 0 amide bonds. The summed E-state index contributed by atoms with van der Waals surface area (Å²) in [6.45, 7) is 9.22. The zero-order valence-electron chi connectivity index (χ0n) is 15.8. The van der Waals surface area contributed by atoms with E-state index in [2.05, 4.69) is 0 Å². The quantitative estimate of drug-likeness (QED) is 0.704. The maximum atomic E-state index is 12.8. The number of phenols is 2. The summed E-state index contributed by atoms with van der Waals surface area (Å²) in [6.07, 6.45) is -0.170. The average Bonchev–Trinajstić information content (AvgIpc) is 2.57. The number of ether oxygens (including phenoxy) is 2. The van der Waals surface area contributed by atoms with E-state index in [1.807, 2.05) is 38.1 Å². The highest BCUT2D eigenvalue weighted by Crippen LogP contribution is 2.40. The van der Waals surface area contributed by atoms with E-state index in [-0.39, 0.29) is 40.8 Å². The fourth-order valence-corrected chi connectivity index (χ4v) is 2.60. The van der Waals surface area contributed by atoms with Crippen LogP contribution in [0.15, 0.2) is 36.4 Å². The minimum absolute atomic E-state index is 0.0706. The molecule has 0 bridgehead atoms. The maximum Gasteiger partial charge on any atom is 0.204 e. The molecule has 0 heterocycles. The van der Waals surface area contributed by atoms with E-state index in [9.17, 15) is 15.0 Å². The van der Waals surface area contributed by atoms with Crippen molar-refractivity contribution in [2.75, 3.05) is 0 Å². The summed E-state index contributed by atoms with van der Waals surface area (Å²) in [5, 5.41) is 20.3. The Morgan fingerprint density at radius 2 is 1.42 bits per heavy atom. The van der Waals surface area contributed by atoms with Gasteiger partial charge < -0.3 is 19.7 Å². The Bertz CT molecular complexity index is 763. The van der Waals surface area contributed by atoms with Gasteiger partial charge in [0.25, 0.3) is 0 Å². The van der Waals surface area contributed by atoms with Crippen LogP contribution in [-0.4, -0.2) is 28.2 Å². The van der Waals surface area contributed by atoms with Crippen LogP contribution in [0.5, 0.6) is 23.0 Å². The first kappa shape index (κ1) is 19.6. The van der Waals surface area contributed by atoms with Gasteiger partial charge in [-0.1, -0.05) is 19.1 Å². The molecule has 2 N–H and O–H groups in total. The molecule has 0 spiro atoms. The molecule has 2 aromatic rings. The lowest BCUT2D eigenvalue weighted by Crippen LogP contribution is -2.12. The third-order valence-corrected chi connectivity index (χ3v) is 3.87. The lowest BCUT2D eigenvalue weighted by Gasteiger charge is -2.17. The highest BCUT2D eigenvalue weighted by atomic mass is 16.5. The Kier molecular flexibility index (Phi) is 6.14. The number of hydrogen-bond donors (Lipinski definition) is 2. The van der Waals surface area contributed by atoms with Gasteiger partial charge >= 0.3 is 0 Å². The maximum absolute atomic E-state index is 12.8. The van der Waals surface area contributed by atoms with Crippen LogP contribution in [0.25, 0.3) is 0 Å². The van der Waals surface area contributed by atoms with Crippen molar-refractivity contribution < 1.29 is 24.5 Å². The van der Waals surface area contributed by atoms with Crippen molar-refractivity contribution in [3.8, 4) is 23.0 Å². The van der Waals surface area contributed by atoms with Crippen molar-refractivity contribution in [3.05, 3.63) is 47.5 Å². The third-order valence-electron chi connectivity index (χ3n) is 3.87. The number of benzene rings is 2. The number of aromatic hydroxyl groups is 2. The van der Waals surface area contributed by atoms with Gasteiger partial charge in [0.15, 0.2) is 17.3 Å². The van der Waals surface area contributed by atoms with E-state index in [0.717, 1.165) is 11.3 Å². The second kappa shape index (κ2) is 8.13. The number of rotatable bonds is 7. The van der Waals surface area contributed by atoms with Gasteiger partial charge in [0.1, 0.15) is 5.75 Å². The molecule has 1 atom stereocenters. The summed E-state index contributed by atoms with van der Waals surface area (Å²) in [5.41, 5.74) is 0.929. The zero-order valence-corrected chi connectivity index (χ0v) is 15.8. The Morgan fingerprint density at radius 1 is 0.846 bits per heavy atom. The molecule has 0 radical (unpaired) electrons. The van der Waals surface area contributed by atoms with Crippen LogP contribution in [-0.2, 0) is 0 Å². The number of carbonyl (C=O) groups excluding carboxylic acids is 1. The second-order valence-electron chi connectivity index (χ2n) is 6.80. The molecule has 0 saturated carbocycles. The van der Waals surface area contributed by atoms with Gasteiger partial charge in [-0.25, -0.2) is 0 Å². The summed E-state index contributed by atoms with van der Waals surface area (Å²) < 4.78 is 11.0. The predicted octanol–water partition coefficient (Wildman–Crippen LogP) is 4.66. The van der Waals surface area contributed by atoms with Crippen molar-refractivity contribution in [2.24, 2.45) is 0 Å². The third kappa shape index (κ3) is 4.48. The fourth-order valence-electron chi connectivity index (χ4n) is 2.60. The molecule has 0 aliphatic carbocycles. The van der Waals surface area contributed by atoms with Crippen molar-refractivity contribution in [3.63, 3.8) is 0 Å². The Balaban J connectivity index is 2.28. The molecule has 5 heteroatoms. The molecule has 0 aliphatic rings. The normalized spacial score (nSPS) is 12.3. The molecule has 140 valence electrons. The van der Waals surface area contributed by atoms with Crippen LogP contribution < -0.4 is 9.47 Å². The van der Waals surface area contributed by atoms with Crippen molar-refractivity contribution in [1.29, 1.82) is 0 Å². The highest BCUT2D eigenvalue weighted by molar-refractivity contribution is 6.03. The monoisotopic (exact) mass is 358 g/mol. The van der Waals surface area contributed by atoms with Gasteiger partial charge in [0.2, 0.25) is 5.75 Å². The molecule has 1 unspecified atom stereocenters. The Morgan fingerprint density at radius 3 is 1.96 bits per heavy atom. The number of carbonyl (C=O) groups is 1. The summed E-state index contributed by atoms with van der Waals surface area (Å²) in [4.78, 5) is 12.8. The molecule has 2 aromatic carbocycles. The van der Waals surface area contributed by atoms with Gasteiger partial charge in [0, 0.05) is 5.92 Å². The summed E-state index contributed by atoms with van der Waals surface area (Å²) in [6, 6.07) is 10.1. The average molecular weight is 358 g/mol. The summed E-state index contributed by atoms with van der Waals surface area (Å²) in [5.74, 6) is -0.591. The van der Waals surface area contributed by atoms with Crippen molar-refractivity contribution >= 4 is 5.78 Å². The molecule has 2 rings (SSSR count). The minimum atomic E-state index is -0.467. The van der Waals surface area contributed by atoms with E-state index >= 15 is 0 Å². The number of Topliss-reactive ketones (excluding diaryl/α,β-unsaturated/α-hetero) is 1. The lowest BCUT2D eigenvalue weighted by atomic mass is 9.91. The van der Waals surface area contributed by atoms with Gasteiger partial charge in [0.05, 0.1) is 17.8 Å². The van der Waals surface area contributed by atoms with Crippen molar-refractivity contribution in [1.82, 2.24) is 0 Å². The van der Waals surface area contributed by atoms with Crippen LogP contribution >= 0.6 is 0 Å². The number of ketones is 1. The molecule has 26 heavy (non-hydrogen) atoms. The van der Waals surface area contributed by atoms with Crippen LogP contribution in [0.1, 0.15) is 56.5 Å². The summed E-state index contributed by atoms with van der Waals surface area (Å²) >= 11 is 0. The van der Waals surface area contributed by atoms with Crippen LogP contribution in [0, 0.1) is 0 Å². The Hall–Kier alpha value is -2.69. The first-order valence-electron chi connectivity index (χ1n) is 8.73. The van der Waals surface area contributed by atoms with E-state index in [1.54, 1.807) is 20.8 Å². The SMILES string of the molecule is CC(C)Oc1ccc(C(C)C(=O)c2ccc(O)c(OC(C)C)c2O)cc1. The number of hydrogen-bond acceptors (Lipinski definition) is 5. The van der Waals surface area contributed by atoms with Crippen LogP contribution in [0.3, 0.4) is 0 Å². The van der Waals surface area contributed by atoms with Gasteiger partial charge in [-0.15, -0.1) is 0 Å². The van der Waals surface area contributed by atoms with E-state index in [0.29, 0.717) is 0 Å².